The lowest BCUT2D eigenvalue weighted by atomic mass is 9.47. The zero-order valence-corrected chi connectivity index (χ0v) is 20.3. The van der Waals surface area contributed by atoms with Crippen molar-refractivity contribution in [3.63, 3.8) is 0 Å². The number of nitrogens with zero attached hydrogens (tertiary/aromatic N) is 1. The van der Waals surface area contributed by atoms with Gasteiger partial charge in [0.15, 0.2) is 0 Å². The van der Waals surface area contributed by atoms with E-state index in [1.165, 1.54) is 37.7 Å². The average Bonchev–Trinajstić information content (AvgIpc) is 3.15. The monoisotopic (exact) mass is 453 g/mol. The van der Waals surface area contributed by atoms with Crippen molar-refractivity contribution in [2.75, 3.05) is 6.61 Å². The topological polar surface area (TPSA) is 79.7 Å². The molecule has 1 heterocycles. The van der Waals surface area contributed by atoms with Gasteiger partial charge >= 0.3 is 5.97 Å². The molecule has 0 saturated heterocycles. The van der Waals surface area contributed by atoms with Gasteiger partial charge in [0, 0.05) is 6.20 Å². The third kappa shape index (κ3) is 3.71. The Hall–Kier alpha value is -1.88. The summed E-state index contributed by atoms with van der Waals surface area (Å²) < 4.78 is 5.98. The first-order valence-electron chi connectivity index (χ1n) is 12.9. The maximum atomic E-state index is 11.5. The van der Waals surface area contributed by atoms with Crippen LogP contribution in [0.5, 0.6) is 5.88 Å². The van der Waals surface area contributed by atoms with E-state index in [4.69, 9.17) is 4.74 Å². The third-order valence-electron chi connectivity index (χ3n) is 10.3. The molecule has 0 amide bonds. The zero-order valence-electron chi connectivity index (χ0n) is 20.3. The number of hydrogen-bond donors (Lipinski definition) is 2. The minimum absolute atomic E-state index is 0.136. The number of hydrogen-bond acceptors (Lipinski definition) is 4. The number of aliphatic hydroxyl groups is 1. The van der Waals surface area contributed by atoms with Crippen LogP contribution < -0.4 is 4.74 Å². The van der Waals surface area contributed by atoms with Crippen molar-refractivity contribution in [3.8, 4) is 5.88 Å². The van der Waals surface area contributed by atoms with E-state index < -0.39 is 5.97 Å². The third-order valence-corrected chi connectivity index (χ3v) is 10.3. The number of ether oxygens (including phenoxy) is 1. The van der Waals surface area contributed by atoms with Crippen molar-refractivity contribution in [1.82, 2.24) is 4.98 Å². The van der Waals surface area contributed by atoms with E-state index in [-0.39, 0.29) is 23.0 Å². The van der Waals surface area contributed by atoms with Crippen LogP contribution in [0.15, 0.2) is 30.0 Å². The van der Waals surface area contributed by atoms with E-state index in [2.05, 4.69) is 31.8 Å². The lowest BCUT2D eigenvalue weighted by molar-refractivity contribution is -0.0592. The van der Waals surface area contributed by atoms with E-state index in [0.717, 1.165) is 37.0 Å². The van der Waals surface area contributed by atoms with E-state index in [0.29, 0.717) is 23.9 Å². The maximum absolute atomic E-state index is 11.5. The molecule has 0 spiro atoms. The molecule has 0 unspecified atom stereocenters. The molecule has 4 aliphatic rings. The molecule has 3 saturated carbocycles. The maximum Gasteiger partial charge on any atom is 0.341 e. The Morgan fingerprint density at radius 1 is 1.21 bits per heavy atom. The van der Waals surface area contributed by atoms with Crippen LogP contribution in [0.3, 0.4) is 0 Å². The Balaban J connectivity index is 1.31. The van der Waals surface area contributed by atoms with Crippen molar-refractivity contribution < 1.29 is 19.7 Å². The van der Waals surface area contributed by atoms with Gasteiger partial charge in [0.25, 0.3) is 0 Å². The summed E-state index contributed by atoms with van der Waals surface area (Å²) in [6.07, 6.45) is 13.2. The molecule has 0 aliphatic heterocycles. The largest absolute Gasteiger partial charge is 0.477 e. The van der Waals surface area contributed by atoms with Crippen molar-refractivity contribution in [3.05, 3.63) is 35.5 Å². The van der Waals surface area contributed by atoms with Crippen LogP contribution in [-0.2, 0) is 0 Å². The molecular formula is C28H39NO4. The zero-order chi connectivity index (χ0) is 23.4. The summed E-state index contributed by atoms with van der Waals surface area (Å²) >= 11 is 0. The smallest absolute Gasteiger partial charge is 0.341 e. The highest BCUT2D eigenvalue weighted by Gasteiger charge is 2.59. The number of aromatic carboxylic acids is 1. The molecule has 2 N–H and O–H groups in total. The first kappa shape index (κ1) is 22.9. The van der Waals surface area contributed by atoms with E-state index in [1.54, 1.807) is 18.3 Å². The summed E-state index contributed by atoms with van der Waals surface area (Å²) in [4.78, 5) is 15.7. The normalized spacial score (nSPS) is 40.7. The van der Waals surface area contributed by atoms with E-state index in [1.807, 2.05) is 0 Å². The van der Waals surface area contributed by atoms with Gasteiger partial charge in [-0.3, -0.25) is 0 Å². The van der Waals surface area contributed by atoms with Crippen LogP contribution in [0, 0.1) is 40.4 Å². The van der Waals surface area contributed by atoms with Gasteiger partial charge < -0.3 is 14.9 Å². The summed E-state index contributed by atoms with van der Waals surface area (Å²) in [7, 11) is 0. The Bertz CT molecular complexity index is 944. The van der Waals surface area contributed by atoms with Gasteiger partial charge in [0.1, 0.15) is 5.56 Å². The highest BCUT2D eigenvalue weighted by atomic mass is 16.5. The summed E-state index contributed by atoms with van der Waals surface area (Å²) in [5.74, 6) is 2.43. The van der Waals surface area contributed by atoms with Crippen molar-refractivity contribution >= 4 is 5.97 Å². The Morgan fingerprint density at radius 2 is 2.03 bits per heavy atom. The van der Waals surface area contributed by atoms with Gasteiger partial charge in [-0.1, -0.05) is 32.4 Å². The number of carbonyl (C=O) groups is 1. The minimum Gasteiger partial charge on any atom is -0.477 e. The number of rotatable bonds is 5. The van der Waals surface area contributed by atoms with Gasteiger partial charge in [0.2, 0.25) is 5.88 Å². The second-order valence-electron chi connectivity index (χ2n) is 11.8. The number of allylic oxidation sites excluding steroid dienone is 1. The molecule has 180 valence electrons. The number of fused-ring (bicyclic) bond motifs is 5. The predicted molar refractivity (Wildman–Crippen MR) is 127 cm³/mol. The van der Waals surface area contributed by atoms with Crippen molar-refractivity contribution in [1.29, 1.82) is 0 Å². The molecule has 0 aromatic carbocycles. The highest BCUT2D eigenvalue weighted by Crippen LogP contribution is 2.67. The number of carboxylic acids is 1. The average molecular weight is 454 g/mol. The quantitative estimate of drug-likeness (QED) is 0.556. The van der Waals surface area contributed by atoms with Crippen LogP contribution in [0.1, 0.15) is 82.5 Å². The minimum atomic E-state index is -0.995. The molecule has 0 radical (unpaired) electrons. The van der Waals surface area contributed by atoms with Crippen molar-refractivity contribution in [2.45, 2.75) is 78.2 Å². The van der Waals surface area contributed by atoms with Gasteiger partial charge in [-0.25, -0.2) is 9.78 Å². The summed E-state index contributed by atoms with van der Waals surface area (Å²) in [6, 6.07) is 3.19. The standard InChI is InChI=1S/C28H39NO4/c1-17(16-33-25-21(26(31)32)5-4-14-29-25)22-8-9-23-20-7-6-18-15-19(30)10-12-27(18,2)24(20)11-13-28(22,23)3/h4-6,14,17,19-20,22-24,30H,7-13,15-16H2,1-3H3,(H,31,32)/t17-,19+,20+,22-,23+,24+,27+,28-/m1/s1. The molecule has 3 fully saturated rings. The van der Waals surface area contributed by atoms with Crippen molar-refractivity contribution in [2.24, 2.45) is 40.4 Å². The van der Waals surface area contributed by atoms with E-state index in [9.17, 15) is 15.0 Å². The summed E-state index contributed by atoms with van der Waals surface area (Å²) in [5.41, 5.74) is 2.27. The molecule has 4 aliphatic carbocycles. The Kier molecular flexibility index (Phi) is 5.83. The van der Waals surface area contributed by atoms with Crippen LogP contribution in [0.25, 0.3) is 0 Å². The summed E-state index contributed by atoms with van der Waals surface area (Å²) in [6.45, 7) is 7.80. The number of pyridine rings is 1. The molecule has 8 atom stereocenters. The first-order valence-corrected chi connectivity index (χ1v) is 12.9. The van der Waals surface area contributed by atoms with E-state index >= 15 is 0 Å². The van der Waals surface area contributed by atoms with Gasteiger partial charge in [-0.15, -0.1) is 0 Å². The number of aliphatic hydroxyl groups excluding tert-OH is 1. The second kappa shape index (κ2) is 8.41. The lowest BCUT2D eigenvalue weighted by Gasteiger charge is -2.58. The van der Waals surface area contributed by atoms with Gasteiger partial charge in [-0.2, -0.15) is 0 Å². The Morgan fingerprint density at radius 3 is 2.82 bits per heavy atom. The molecular weight excluding hydrogens is 414 g/mol. The molecule has 1 aromatic heterocycles. The van der Waals surface area contributed by atoms with Crippen LogP contribution in [0.4, 0.5) is 0 Å². The molecule has 5 heteroatoms. The fraction of sp³-hybridized carbons (Fsp3) is 0.714. The second-order valence-corrected chi connectivity index (χ2v) is 11.8. The summed E-state index contributed by atoms with van der Waals surface area (Å²) in [5, 5.41) is 19.7. The molecule has 33 heavy (non-hydrogen) atoms. The SMILES string of the molecule is C[C@H](COc1ncccc1C(=O)O)[C@H]1CC[C@H]2[C@@H]3CC=C4C[C@@H](O)CC[C@]4(C)[C@H]3CC[C@]12C. The fourth-order valence-corrected chi connectivity index (χ4v) is 8.61. The lowest BCUT2D eigenvalue weighted by Crippen LogP contribution is -2.51. The highest BCUT2D eigenvalue weighted by molar-refractivity contribution is 5.90. The van der Waals surface area contributed by atoms with Crippen LogP contribution in [0.2, 0.25) is 0 Å². The predicted octanol–water partition coefficient (Wildman–Crippen LogP) is 5.73. The molecule has 1 aromatic rings. The number of aromatic nitrogens is 1. The molecule has 5 rings (SSSR count). The van der Waals surface area contributed by atoms with Gasteiger partial charge in [-0.05, 0) is 104 Å². The first-order chi connectivity index (χ1) is 15.7. The van der Waals surface area contributed by atoms with Gasteiger partial charge in [0.05, 0.1) is 12.7 Å². The molecule has 0 bridgehead atoms. The number of carboxylic acid groups (broad SMARTS) is 1. The fourth-order valence-electron chi connectivity index (χ4n) is 8.61. The Labute approximate surface area is 197 Å². The van der Waals surface area contributed by atoms with Crippen LogP contribution in [-0.4, -0.2) is 33.9 Å². The van der Waals surface area contributed by atoms with Crippen LogP contribution >= 0.6 is 0 Å². The molecule has 5 nitrogen and oxygen atoms in total.